The van der Waals surface area contributed by atoms with E-state index in [2.05, 4.69) is 26.8 Å². The van der Waals surface area contributed by atoms with Gasteiger partial charge in [-0.25, -0.2) is 9.78 Å². The predicted octanol–water partition coefficient (Wildman–Crippen LogP) is 1.06. The molecule has 2 saturated heterocycles. The summed E-state index contributed by atoms with van der Waals surface area (Å²) in [6.07, 6.45) is 3.27. The van der Waals surface area contributed by atoms with Crippen LogP contribution in [0.2, 0.25) is 0 Å². The Hall–Kier alpha value is -2.09. The lowest BCUT2D eigenvalue weighted by molar-refractivity contribution is 0.142. The molecule has 1 aromatic heterocycles. The van der Waals surface area contributed by atoms with E-state index in [-0.39, 0.29) is 0 Å². The van der Waals surface area contributed by atoms with Gasteiger partial charge < -0.3 is 24.5 Å². The van der Waals surface area contributed by atoms with Crippen LogP contribution in [0.3, 0.4) is 0 Å². The van der Waals surface area contributed by atoms with Gasteiger partial charge >= 0.3 is 12.1 Å². The number of hydrogen-bond donors (Lipinski definition) is 1. The zero-order chi connectivity index (χ0) is 17.1. The maximum Gasteiger partial charge on any atom is 0.407 e. The number of carboxylic acid groups (broad SMARTS) is 1. The molecule has 3 heterocycles. The van der Waals surface area contributed by atoms with Crippen molar-refractivity contribution in [3.8, 4) is 6.01 Å². The van der Waals surface area contributed by atoms with Gasteiger partial charge in [0.15, 0.2) is 0 Å². The van der Waals surface area contributed by atoms with Gasteiger partial charge in [-0.1, -0.05) is 0 Å². The third kappa shape index (κ3) is 3.69. The Labute approximate surface area is 142 Å². The van der Waals surface area contributed by atoms with Crippen LogP contribution < -0.4 is 9.64 Å². The van der Waals surface area contributed by atoms with E-state index < -0.39 is 6.09 Å². The molecule has 1 unspecified atom stereocenters. The molecule has 0 saturated carbocycles. The molecular weight excluding hydrogens is 310 g/mol. The van der Waals surface area contributed by atoms with E-state index in [9.17, 15) is 4.79 Å². The first kappa shape index (κ1) is 16.8. The minimum absolute atomic E-state index is 0.400. The third-order valence-corrected chi connectivity index (χ3v) is 4.85. The van der Waals surface area contributed by atoms with Gasteiger partial charge in [-0.2, -0.15) is 4.98 Å². The van der Waals surface area contributed by atoms with E-state index in [1.165, 1.54) is 11.3 Å². The molecule has 0 aliphatic carbocycles. The number of hydrogen-bond acceptors (Lipinski definition) is 6. The highest BCUT2D eigenvalue weighted by Crippen LogP contribution is 2.21. The Morgan fingerprint density at radius 3 is 2.71 bits per heavy atom. The first-order chi connectivity index (χ1) is 11.5. The van der Waals surface area contributed by atoms with Crippen molar-refractivity contribution in [1.82, 2.24) is 19.8 Å². The maximum atomic E-state index is 11.0. The van der Waals surface area contributed by atoms with E-state index in [1.54, 1.807) is 6.20 Å². The van der Waals surface area contributed by atoms with Gasteiger partial charge in [-0.15, -0.1) is 0 Å². The van der Waals surface area contributed by atoms with Crippen molar-refractivity contribution in [3.63, 3.8) is 0 Å². The molecule has 1 amide bonds. The van der Waals surface area contributed by atoms with E-state index in [0.29, 0.717) is 44.8 Å². The summed E-state index contributed by atoms with van der Waals surface area (Å²) in [5, 5.41) is 9.05. The Morgan fingerprint density at radius 1 is 1.33 bits per heavy atom. The number of likely N-dealkylation sites (N-methyl/N-ethyl adjacent to an activating group) is 1. The molecule has 8 nitrogen and oxygen atoms in total. The van der Waals surface area contributed by atoms with Gasteiger partial charge in [0.05, 0.1) is 0 Å². The topological polar surface area (TPSA) is 82.0 Å². The second-order valence-corrected chi connectivity index (χ2v) is 6.50. The molecule has 132 valence electrons. The number of carbonyl (C=O) groups is 1. The largest absolute Gasteiger partial charge is 0.465 e. The van der Waals surface area contributed by atoms with Crippen LogP contribution in [0, 0.1) is 6.92 Å². The quantitative estimate of drug-likeness (QED) is 0.881. The van der Waals surface area contributed by atoms with Gasteiger partial charge in [-0.3, -0.25) is 0 Å². The highest BCUT2D eigenvalue weighted by Gasteiger charge is 2.24. The SMILES string of the molecule is Cc1cnc(OCC2CCCN2C)nc1N1CCN(C(=O)O)CC1. The Morgan fingerprint density at radius 2 is 2.08 bits per heavy atom. The number of anilines is 1. The van der Waals surface area contributed by atoms with Crippen molar-refractivity contribution in [2.24, 2.45) is 0 Å². The standard InChI is InChI=1S/C16H25N5O3/c1-12-10-17-15(24-11-13-4-3-5-19(13)2)18-14(12)20-6-8-21(9-7-20)16(22)23/h10,13H,3-9,11H2,1-2H3,(H,22,23). The first-order valence-electron chi connectivity index (χ1n) is 8.44. The number of aromatic nitrogens is 2. The summed E-state index contributed by atoms with van der Waals surface area (Å²) in [5.41, 5.74) is 0.976. The Balaban J connectivity index is 1.62. The van der Waals surface area contributed by atoms with E-state index in [0.717, 1.165) is 24.3 Å². The predicted molar refractivity (Wildman–Crippen MR) is 89.7 cm³/mol. The van der Waals surface area contributed by atoms with Crippen LogP contribution in [-0.4, -0.2) is 83.4 Å². The number of amides is 1. The smallest absolute Gasteiger partial charge is 0.407 e. The average molecular weight is 335 g/mol. The lowest BCUT2D eigenvalue weighted by atomic mass is 10.2. The van der Waals surface area contributed by atoms with E-state index in [1.807, 2.05) is 6.92 Å². The molecule has 1 atom stereocenters. The van der Waals surface area contributed by atoms with E-state index in [4.69, 9.17) is 9.84 Å². The van der Waals surface area contributed by atoms with Gasteiger partial charge in [-0.05, 0) is 33.4 Å². The molecule has 0 bridgehead atoms. The van der Waals surface area contributed by atoms with Crippen molar-refractivity contribution < 1.29 is 14.6 Å². The monoisotopic (exact) mass is 335 g/mol. The molecule has 3 rings (SSSR count). The summed E-state index contributed by atoms with van der Waals surface area (Å²) in [6.45, 7) is 5.93. The lowest BCUT2D eigenvalue weighted by Crippen LogP contribution is -2.48. The van der Waals surface area contributed by atoms with Crippen molar-refractivity contribution in [1.29, 1.82) is 0 Å². The molecule has 1 N–H and O–H groups in total. The number of likely N-dealkylation sites (tertiary alicyclic amines) is 1. The second-order valence-electron chi connectivity index (χ2n) is 6.50. The molecule has 24 heavy (non-hydrogen) atoms. The number of aryl methyl sites for hydroxylation is 1. The lowest BCUT2D eigenvalue weighted by Gasteiger charge is -2.34. The summed E-state index contributed by atoms with van der Waals surface area (Å²) in [4.78, 5) is 25.7. The van der Waals surface area contributed by atoms with Crippen molar-refractivity contribution >= 4 is 11.9 Å². The molecule has 2 fully saturated rings. The molecular formula is C16H25N5O3. The van der Waals surface area contributed by atoms with Crippen LogP contribution in [-0.2, 0) is 0 Å². The minimum atomic E-state index is -0.862. The second kappa shape index (κ2) is 7.21. The van der Waals surface area contributed by atoms with Crippen LogP contribution in [0.15, 0.2) is 6.20 Å². The van der Waals surface area contributed by atoms with Gasteiger partial charge in [0, 0.05) is 44.0 Å². The molecule has 1 aromatic rings. The molecule has 2 aliphatic rings. The molecule has 0 aromatic carbocycles. The number of ether oxygens (including phenoxy) is 1. The Kier molecular flexibility index (Phi) is 5.03. The average Bonchev–Trinajstić information content (AvgIpc) is 2.99. The van der Waals surface area contributed by atoms with Crippen molar-refractivity contribution in [3.05, 3.63) is 11.8 Å². The molecule has 8 heteroatoms. The zero-order valence-electron chi connectivity index (χ0n) is 14.3. The third-order valence-electron chi connectivity index (χ3n) is 4.85. The van der Waals surface area contributed by atoms with E-state index >= 15 is 0 Å². The molecule has 0 spiro atoms. The fraction of sp³-hybridized carbons (Fsp3) is 0.688. The van der Waals surface area contributed by atoms with Crippen molar-refractivity contribution in [2.45, 2.75) is 25.8 Å². The molecule has 2 aliphatic heterocycles. The maximum absolute atomic E-state index is 11.0. The van der Waals surface area contributed by atoms with Crippen LogP contribution in [0.4, 0.5) is 10.6 Å². The fourth-order valence-electron chi connectivity index (χ4n) is 3.28. The minimum Gasteiger partial charge on any atom is -0.465 e. The summed E-state index contributed by atoms with van der Waals surface area (Å²) < 4.78 is 5.81. The normalized spacial score (nSPS) is 22.0. The van der Waals surface area contributed by atoms with Crippen LogP contribution in [0.1, 0.15) is 18.4 Å². The van der Waals surface area contributed by atoms with Crippen LogP contribution in [0.5, 0.6) is 6.01 Å². The highest BCUT2D eigenvalue weighted by atomic mass is 16.5. The first-order valence-corrected chi connectivity index (χ1v) is 8.44. The highest BCUT2D eigenvalue weighted by molar-refractivity contribution is 5.65. The summed E-state index contributed by atoms with van der Waals surface area (Å²) in [7, 11) is 2.12. The Bertz CT molecular complexity index is 589. The summed E-state index contributed by atoms with van der Waals surface area (Å²) >= 11 is 0. The van der Waals surface area contributed by atoms with Crippen LogP contribution >= 0.6 is 0 Å². The number of piperazine rings is 1. The van der Waals surface area contributed by atoms with Gasteiger partial charge in [0.2, 0.25) is 0 Å². The van der Waals surface area contributed by atoms with Crippen molar-refractivity contribution in [2.75, 3.05) is 51.3 Å². The fourth-order valence-corrected chi connectivity index (χ4v) is 3.28. The van der Waals surface area contributed by atoms with Gasteiger partial charge in [0.25, 0.3) is 0 Å². The number of nitrogens with zero attached hydrogens (tertiary/aromatic N) is 5. The zero-order valence-corrected chi connectivity index (χ0v) is 14.3. The summed E-state index contributed by atoms with van der Waals surface area (Å²) in [6, 6.07) is 0.828. The summed E-state index contributed by atoms with van der Waals surface area (Å²) in [5.74, 6) is 0.838. The number of rotatable bonds is 4. The van der Waals surface area contributed by atoms with Gasteiger partial charge in [0.1, 0.15) is 12.4 Å². The molecule has 0 radical (unpaired) electrons. The van der Waals surface area contributed by atoms with Crippen LogP contribution in [0.25, 0.3) is 0 Å².